The average molecular weight is 258 g/mol. The topological polar surface area (TPSA) is 23.6 Å². The number of rotatable bonds is 4. The molecule has 0 aromatic heterocycles. The Morgan fingerprint density at radius 3 is 2.58 bits per heavy atom. The van der Waals surface area contributed by atoms with Crippen molar-refractivity contribution >= 4 is 5.78 Å². The van der Waals surface area contributed by atoms with Gasteiger partial charge in [-0.25, -0.2) is 0 Å². The van der Waals surface area contributed by atoms with Gasteiger partial charge in [-0.1, -0.05) is 23.8 Å². The lowest BCUT2D eigenvalue weighted by molar-refractivity contribution is 0.0843. The van der Waals surface area contributed by atoms with E-state index in [2.05, 4.69) is 9.80 Å². The highest BCUT2D eigenvalue weighted by Crippen LogP contribution is 2.27. The number of ketones is 1. The van der Waals surface area contributed by atoms with E-state index in [9.17, 15) is 4.79 Å². The lowest BCUT2D eigenvalue weighted by Crippen LogP contribution is -2.48. The predicted molar refractivity (Wildman–Crippen MR) is 76.5 cm³/mol. The molecular weight excluding hydrogens is 236 g/mol. The number of carbonyl (C=O) groups is 1. The van der Waals surface area contributed by atoms with Gasteiger partial charge in [0.2, 0.25) is 0 Å². The number of carbonyl (C=O) groups excluding carboxylic acids is 1. The predicted octanol–water partition coefficient (Wildman–Crippen LogP) is 1.96. The van der Waals surface area contributed by atoms with E-state index in [1.165, 1.54) is 12.8 Å². The highest BCUT2D eigenvalue weighted by molar-refractivity contribution is 5.97. The molecule has 1 aliphatic heterocycles. The van der Waals surface area contributed by atoms with E-state index in [0.717, 1.165) is 43.3 Å². The molecule has 1 aromatic rings. The zero-order valence-electron chi connectivity index (χ0n) is 11.6. The Hall–Kier alpha value is -1.19. The molecule has 2 aliphatic rings. The van der Waals surface area contributed by atoms with E-state index in [4.69, 9.17) is 0 Å². The molecule has 1 saturated heterocycles. The Balaban J connectivity index is 1.52. The van der Waals surface area contributed by atoms with Gasteiger partial charge in [-0.2, -0.15) is 0 Å². The Labute approximate surface area is 115 Å². The van der Waals surface area contributed by atoms with Crippen LogP contribution in [-0.2, 0) is 0 Å². The molecule has 3 rings (SSSR count). The van der Waals surface area contributed by atoms with Gasteiger partial charge in [0.15, 0.2) is 5.78 Å². The lowest BCUT2D eigenvalue weighted by atomic mass is 10.1. The molecule has 0 amide bonds. The van der Waals surface area contributed by atoms with Crippen molar-refractivity contribution in [2.75, 3.05) is 32.7 Å². The minimum atomic E-state index is 0.253. The van der Waals surface area contributed by atoms with Gasteiger partial charge >= 0.3 is 0 Å². The van der Waals surface area contributed by atoms with Crippen LogP contribution in [-0.4, -0.2) is 54.3 Å². The highest BCUT2D eigenvalue weighted by Gasteiger charge is 2.31. The molecule has 1 saturated carbocycles. The molecule has 3 nitrogen and oxygen atoms in total. The monoisotopic (exact) mass is 258 g/mol. The summed E-state index contributed by atoms with van der Waals surface area (Å²) in [6, 6.07) is 8.77. The molecule has 1 heterocycles. The standard InChI is InChI=1S/C16H22N2O/c1-13-3-2-4-14(11-13)16(19)12-17-7-9-18(10-8-17)15-5-6-15/h2-4,11,15H,5-10,12H2,1H3. The van der Waals surface area contributed by atoms with Crippen LogP contribution in [0.5, 0.6) is 0 Å². The van der Waals surface area contributed by atoms with Crippen molar-refractivity contribution in [2.45, 2.75) is 25.8 Å². The number of hydrogen-bond donors (Lipinski definition) is 0. The third kappa shape index (κ3) is 3.23. The zero-order valence-corrected chi connectivity index (χ0v) is 11.6. The minimum absolute atomic E-state index is 0.253. The Bertz CT molecular complexity index is 460. The van der Waals surface area contributed by atoms with E-state index in [-0.39, 0.29) is 5.78 Å². The van der Waals surface area contributed by atoms with Gasteiger partial charge in [0.05, 0.1) is 6.54 Å². The van der Waals surface area contributed by atoms with Crippen molar-refractivity contribution < 1.29 is 4.79 Å². The summed E-state index contributed by atoms with van der Waals surface area (Å²) in [6.07, 6.45) is 2.75. The molecule has 2 fully saturated rings. The van der Waals surface area contributed by atoms with Crippen molar-refractivity contribution in [2.24, 2.45) is 0 Å². The van der Waals surface area contributed by atoms with Gasteiger partial charge in [0.1, 0.15) is 0 Å². The maximum atomic E-state index is 12.2. The zero-order chi connectivity index (χ0) is 13.2. The van der Waals surface area contributed by atoms with Crippen LogP contribution in [0.1, 0.15) is 28.8 Å². The third-order valence-corrected chi connectivity index (χ3v) is 4.18. The quantitative estimate of drug-likeness (QED) is 0.771. The maximum Gasteiger partial charge on any atom is 0.176 e. The smallest absolute Gasteiger partial charge is 0.176 e. The molecule has 0 unspecified atom stereocenters. The molecule has 0 spiro atoms. The molecule has 102 valence electrons. The van der Waals surface area contributed by atoms with Crippen LogP contribution < -0.4 is 0 Å². The van der Waals surface area contributed by atoms with Gasteiger partial charge < -0.3 is 0 Å². The van der Waals surface area contributed by atoms with Crippen LogP contribution in [0.2, 0.25) is 0 Å². The fourth-order valence-corrected chi connectivity index (χ4v) is 2.84. The number of aryl methyl sites for hydroxylation is 1. The van der Waals surface area contributed by atoms with Gasteiger partial charge in [0.25, 0.3) is 0 Å². The summed E-state index contributed by atoms with van der Waals surface area (Å²) in [4.78, 5) is 17.1. The van der Waals surface area contributed by atoms with E-state index in [0.29, 0.717) is 6.54 Å². The summed E-state index contributed by atoms with van der Waals surface area (Å²) >= 11 is 0. The van der Waals surface area contributed by atoms with Gasteiger partial charge in [-0.05, 0) is 25.8 Å². The molecule has 0 bridgehead atoms. The molecule has 0 N–H and O–H groups in total. The first-order valence-corrected chi connectivity index (χ1v) is 7.28. The largest absolute Gasteiger partial charge is 0.298 e. The van der Waals surface area contributed by atoms with Crippen molar-refractivity contribution in [3.63, 3.8) is 0 Å². The van der Waals surface area contributed by atoms with E-state index < -0.39 is 0 Å². The second-order valence-electron chi connectivity index (χ2n) is 5.84. The van der Waals surface area contributed by atoms with E-state index >= 15 is 0 Å². The summed E-state index contributed by atoms with van der Waals surface area (Å²) in [6.45, 7) is 6.94. The molecule has 19 heavy (non-hydrogen) atoms. The van der Waals surface area contributed by atoms with Gasteiger partial charge in [-0.3, -0.25) is 14.6 Å². The fourth-order valence-electron chi connectivity index (χ4n) is 2.84. The normalized spacial score (nSPS) is 21.5. The SMILES string of the molecule is Cc1cccc(C(=O)CN2CCN(C3CC3)CC2)c1. The average Bonchev–Trinajstić information content (AvgIpc) is 3.24. The highest BCUT2D eigenvalue weighted by atomic mass is 16.1. The molecular formula is C16H22N2O. The number of hydrogen-bond acceptors (Lipinski definition) is 3. The first kappa shape index (κ1) is 12.8. The maximum absolute atomic E-state index is 12.2. The Morgan fingerprint density at radius 2 is 1.95 bits per heavy atom. The number of Topliss-reactive ketones (excluding diaryl/α,β-unsaturated/α-hetero) is 1. The number of piperazine rings is 1. The Kier molecular flexibility index (Phi) is 3.67. The molecule has 0 atom stereocenters. The third-order valence-electron chi connectivity index (χ3n) is 4.18. The van der Waals surface area contributed by atoms with E-state index in [1.54, 1.807) is 0 Å². The second-order valence-corrected chi connectivity index (χ2v) is 5.84. The van der Waals surface area contributed by atoms with Crippen molar-refractivity contribution in [1.29, 1.82) is 0 Å². The van der Waals surface area contributed by atoms with Crippen LogP contribution in [0.3, 0.4) is 0 Å². The molecule has 3 heteroatoms. The molecule has 0 radical (unpaired) electrons. The van der Waals surface area contributed by atoms with Gasteiger partial charge in [-0.15, -0.1) is 0 Å². The van der Waals surface area contributed by atoms with Crippen LogP contribution >= 0.6 is 0 Å². The van der Waals surface area contributed by atoms with Crippen molar-refractivity contribution in [1.82, 2.24) is 9.80 Å². The van der Waals surface area contributed by atoms with Crippen LogP contribution in [0.15, 0.2) is 24.3 Å². The fraction of sp³-hybridized carbons (Fsp3) is 0.562. The number of nitrogens with zero attached hydrogens (tertiary/aromatic N) is 2. The first-order valence-electron chi connectivity index (χ1n) is 7.28. The van der Waals surface area contributed by atoms with E-state index in [1.807, 2.05) is 31.2 Å². The first-order chi connectivity index (χ1) is 9.22. The minimum Gasteiger partial charge on any atom is -0.298 e. The van der Waals surface area contributed by atoms with Crippen molar-refractivity contribution in [3.8, 4) is 0 Å². The van der Waals surface area contributed by atoms with Gasteiger partial charge in [0, 0.05) is 37.8 Å². The van der Waals surface area contributed by atoms with Crippen LogP contribution in [0.25, 0.3) is 0 Å². The van der Waals surface area contributed by atoms with Crippen LogP contribution in [0.4, 0.5) is 0 Å². The lowest BCUT2D eigenvalue weighted by Gasteiger charge is -2.34. The summed E-state index contributed by atoms with van der Waals surface area (Å²) < 4.78 is 0. The second kappa shape index (κ2) is 5.43. The summed E-state index contributed by atoms with van der Waals surface area (Å²) in [5.41, 5.74) is 2.01. The summed E-state index contributed by atoms with van der Waals surface area (Å²) in [7, 11) is 0. The molecule has 1 aliphatic carbocycles. The Morgan fingerprint density at radius 1 is 1.21 bits per heavy atom. The van der Waals surface area contributed by atoms with Crippen LogP contribution in [0, 0.1) is 6.92 Å². The number of benzene rings is 1. The summed E-state index contributed by atoms with van der Waals surface area (Å²) in [5.74, 6) is 0.253. The van der Waals surface area contributed by atoms with Crippen molar-refractivity contribution in [3.05, 3.63) is 35.4 Å². The molecule has 1 aromatic carbocycles. The summed E-state index contributed by atoms with van der Waals surface area (Å²) in [5, 5.41) is 0.